The van der Waals surface area contributed by atoms with Gasteiger partial charge in [-0.05, 0) is 75.4 Å². The number of carbonyl (C=O) groups is 1. The van der Waals surface area contributed by atoms with E-state index in [9.17, 15) is 26.6 Å². The molecule has 1 N–H and O–H groups in total. The summed E-state index contributed by atoms with van der Waals surface area (Å²) in [6, 6.07) is 4.00. The monoisotopic (exact) mass is 579 g/mol. The third kappa shape index (κ3) is 8.20. The lowest BCUT2D eigenvalue weighted by atomic mass is 10.2. The van der Waals surface area contributed by atoms with Crippen LogP contribution < -0.4 is 5.32 Å². The number of carbonyl (C=O) groups excluding carboxylic acids is 1. The highest BCUT2D eigenvalue weighted by Crippen LogP contribution is 2.29. The lowest BCUT2D eigenvalue weighted by Gasteiger charge is -2.31. The molecule has 0 spiro atoms. The summed E-state index contributed by atoms with van der Waals surface area (Å²) in [5.74, 6) is -1.52. The van der Waals surface area contributed by atoms with Gasteiger partial charge in [-0.3, -0.25) is 10.3 Å². The van der Waals surface area contributed by atoms with E-state index >= 15 is 0 Å². The summed E-state index contributed by atoms with van der Waals surface area (Å²) in [7, 11) is -2.55. The van der Waals surface area contributed by atoms with E-state index < -0.39 is 50.5 Å². The van der Waals surface area contributed by atoms with Gasteiger partial charge in [0.2, 0.25) is 0 Å². The summed E-state index contributed by atoms with van der Waals surface area (Å²) in [5, 5.41) is 2.35. The van der Waals surface area contributed by atoms with Crippen LogP contribution in [0.25, 0.3) is 0 Å². The first-order valence-corrected chi connectivity index (χ1v) is 11.8. The molecule has 0 fully saturated rings. The van der Waals surface area contributed by atoms with Crippen LogP contribution in [0.1, 0.15) is 40.2 Å². The lowest BCUT2D eigenvalue weighted by Crippen LogP contribution is -2.51. The first-order valence-electron chi connectivity index (χ1n) is 9.08. The molecule has 1 aromatic rings. The van der Waals surface area contributed by atoms with Crippen molar-refractivity contribution in [1.29, 1.82) is 0 Å². The lowest BCUT2D eigenvalue weighted by molar-refractivity contribution is -0.117. The Kier molecular flexibility index (Phi) is 8.91. The molecule has 0 saturated carbocycles. The molecule has 1 aromatic carbocycles. The zero-order chi connectivity index (χ0) is 24.3. The number of hydrogen-bond donors (Lipinski definition) is 1. The number of rotatable bonds is 5. The standard InChI is InChI=1S/C19H26F4IN3O3S/c1-17(2,3)30-16(28)27-15(25-6)18(4,5)31(29,26-11-19(21,22)23)10-12-9-13(24)7-8-14(12)20/h7-9H,10-11H2,1-6H3,(H,25,27,28). The molecule has 176 valence electrons. The van der Waals surface area contributed by atoms with E-state index in [0.29, 0.717) is 3.57 Å². The molecule has 0 aliphatic carbocycles. The van der Waals surface area contributed by atoms with Crippen LogP contribution in [0, 0.1) is 9.39 Å². The van der Waals surface area contributed by atoms with Crippen molar-refractivity contribution >= 4 is 44.2 Å². The van der Waals surface area contributed by atoms with E-state index in [1.807, 2.05) is 22.6 Å². The van der Waals surface area contributed by atoms with Crippen LogP contribution in [0.4, 0.5) is 22.4 Å². The Bertz CT molecular complexity index is 963. The van der Waals surface area contributed by atoms with Gasteiger partial charge in [0, 0.05) is 16.2 Å². The highest BCUT2D eigenvalue weighted by Gasteiger charge is 2.41. The second-order valence-corrected chi connectivity index (χ2v) is 12.2. The van der Waals surface area contributed by atoms with Gasteiger partial charge in [0.15, 0.2) is 0 Å². The van der Waals surface area contributed by atoms with E-state index in [0.717, 1.165) is 6.07 Å². The molecule has 12 heteroatoms. The van der Waals surface area contributed by atoms with Crippen molar-refractivity contribution in [2.45, 2.75) is 56.9 Å². The SMILES string of the molecule is C/N=C(/NC(=O)OC(C)(C)C)C(C)(C)S(=O)(Cc1cc(I)ccc1F)=NCC(F)(F)F. The molecule has 0 aromatic heterocycles. The fourth-order valence-corrected chi connectivity index (χ4v) is 5.23. The van der Waals surface area contributed by atoms with Crippen molar-refractivity contribution in [3.05, 3.63) is 33.1 Å². The number of amides is 1. The Morgan fingerprint density at radius 1 is 1.19 bits per heavy atom. The molecule has 1 rings (SSSR count). The molecule has 1 unspecified atom stereocenters. The maximum absolute atomic E-state index is 14.3. The van der Waals surface area contributed by atoms with Crippen LogP contribution in [-0.4, -0.2) is 46.3 Å². The van der Waals surface area contributed by atoms with Gasteiger partial charge in [0.05, 0.1) is 15.5 Å². The number of aliphatic imine (C=N–C) groups is 1. The Balaban J connectivity index is 3.49. The van der Waals surface area contributed by atoms with Crippen molar-refractivity contribution in [3.8, 4) is 0 Å². The van der Waals surface area contributed by atoms with Gasteiger partial charge in [-0.25, -0.2) is 17.8 Å². The smallest absolute Gasteiger partial charge is 0.413 e. The van der Waals surface area contributed by atoms with Gasteiger partial charge in [0.1, 0.15) is 28.5 Å². The Morgan fingerprint density at radius 3 is 2.26 bits per heavy atom. The van der Waals surface area contributed by atoms with E-state index in [1.165, 1.54) is 33.0 Å². The highest BCUT2D eigenvalue weighted by molar-refractivity contribution is 14.1. The Morgan fingerprint density at radius 2 is 1.77 bits per heavy atom. The minimum absolute atomic E-state index is 0.0522. The average Bonchev–Trinajstić information content (AvgIpc) is 2.58. The molecule has 0 radical (unpaired) electrons. The first kappa shape index (κ1) is 27.6. The third-order valence-corrected chi connectivity index (χ3v) is 7.73. The second-order valence-electron chi connectivity index (χ2n) is 8.13. The van der Waals surface area contributed by atoms with Gasteiger partial charge in [0.25, 0.3) is 0 Å². The molecule has 31 heavy (non-hydrogen) atoms. The summed E-state index contributed by atoms with van der Waals surface area (Å²) >= 11 is 1.91. The maximum atomic E-state index is 14.3. The number of ether oxygens (including phenoxy) is 1. The number of amidine groups is 1. The summed E-state index contributed by atoms with van der Waals surface area (Å²) in [4.78, 5) is 16.1. The zero-order valence-electron chi connectivity index (χ0n) is 18.1. The molecule has 0 heterocycles. The topological polar surface area (TPSA) is 80.1 Å². The van der Waals surface area contributed by atoms with Crippen molar-refractivity contribution < 1.29 is 31.3 Å². The van der Waals surface area contributed by atoms with Gasteiger partial charge in [-0.15, -0.1) is 0 Å². The van der Waals surface area contributed by atoms with Crippen molar-refractivity contribution in [1.82, 2.24) is 5.32 Å². The fourth-order valence-electron chi connectivity index (χ4n) is 2.46. The van der Waals surface area contributed by atoms with Crippen LogP contribution in [0.5, 0.6) is 0 Å². The first-order chi connectivity index (χ1) is 13.9. The Hall–Kier alpha value is -1.44. The van der Waals surface area contributed by atoms with Gasteiger partial charge < -0.3 is 4.74 Å². The quantitative estimate of drug-likeness (QED) is 0.223. The van der Waals surface area contributed by atoms with E-state index in [2.05, 4.69) is 14.7 Å². The Labute approximate surface area is 193 Å². The van der Waals surface area contributed by atoms with Gasteiger partial charge >= 0.3 is 12.3 Å². The molecule has 0 aliphatic rings. The van der Waals surface area contributed by atoms with Crippen molar-refractivity contribution in [2.24, 2.45) is 9.36 Å². The summed E-state index contributed by atoms with van der Waals surface area (Å²) in [6.07, 6.45) is -5.64. The molecule has 6 nitrogen and oxygen atoms in total. The largest absolute Gasteiger partial charge is 0.444 e. The summed E-state index contributed by atoms with van der Waals surface area (Å²) < 4.78 is 74.5. The van der Waals surface area contributed by atoms with E-state index in [1.54, 1.807) is 20.8 Å². The summed E-state index contributed by atoms with van der Waals surface area (Å²) in [6.45, 7) is 5.86. The van der Waals surface area contributed by atoms with E-state index in [4.69, 9.17) is 4.74 Å². The average molecular weight is 579 g/mol. The van der Waals surface area contributed by atoms with Crippen LogP contribution >= 0.6 is 22.6 Å². The fraction of sp³-hybridized carbons (Fsp3) is 0.579. The number of hydrogen-bond acceptors (Lipinski definition) is 5. The second kappa shape index (κ2) is 10.0. The molecule has 1 amide bonds. The minimum Gasteiger partial charge on any atom is -0.444 e. The van der Waals surface area contributed by atoms with Gasteiger partial charge in [-0.2, -0.15) is 13.2 Å². The van der Waals surface area contributed by atoms with Crippen molar-refractivity contribution in [2.75, 3.05) is 13.6 Å². The number of nitrogens with zero attached hydrogens (tertiary/aromatic N) is 2. The number of nitrogens with one attached hydrogen (secondary N) is 1. The van der Waals surface area contributed by atoms with Crippen LogP contribution in [0.3, 0.4) is 0 Å². The predicted molar refractivity (Wildman–Crippen MR) is 121 cm³/mol. The molecular weight excluding hydrogens is 553 g/mol. The predicted octanol–water partition coefficient (Wildman–Crippen LogP) is 5.29. The zero-order valence-corrected chi connectivity index (χ0v) is 21.0. The minimum atomic E-state index is -4.72. The maximum Gasteiger partial charge on any atom is 0.413 e. The molecule has 0 aliphatic heterocycles. The molecule has 1 atom stereocenters. The number of alkyl carbamates (subject to hydrolysis) is 1. The number of halogens is 5. The molecule has 0 saturated heterocycles. The van der Waals surface area contributed by atoms with Crippen LogP contribution in [0.15, 0.2) is 27.6 Å². The summed E-state index contributed by atoms with van der Waals surface area (Å²) in [5.41, 5.74) is -0.900. The highest BCUT2D eigenvalue weighted by atomic mass is 127. The van der Waals surface area contributed by atoms with Gasteiger partial charge in [-0.1, -0.05) is 0 Å². The molecule has 0 bridgehead atoms. The molecular formula is C19H26F4IN3O3S. The third-order valence-electron chi connectivity index (χ3n) is 4.02. The number of alkyl halides is 3. The van der Waals surface area contributed by atoms with E-state index in [-0.39, 0.29) is 11.4 Å². The van der Waals surface area contributed by atoms with Crippen molar-refractivity contribution in [3.63, 3.8) is 0 Å². The normalized spacial score (nSPS) is 15.3. The number of benzene rings is 1. The van der Waals surface area contributed by atoms with Crippen LogP contribution in [-0.2, 0) is 20.2 Å². The van der Waals surface area contributed by atoms with Crippen LogP contribution in [0.2, 0.25) is 0 Å².